The van der Waals surface area contributed by atoms with Gasteiger partial charge in [-0.3, -0.25) is 19.7 Å². The first kappa shape index (κ1) is 16.4. The highest BCUT2D eigenvalue weighted by Gasteiger charge is 2.61. The summed E-state index contributed by atoms with van der Waals surface area (Å²) in [7, 11) is 0. The number of imide groups is 1. The van der Waals surface area contributed by atoms with Gasteiger partial charge in [-0.05, 0) is 32.1 Å². The molecule has 2 aliphatic heterocycles. The molecule has 0 aromatic heterocycles. The molecule has 6 heteroatoms. The fourth-order valence-corrected chi connectivity index (χ4v) is 5.29. The normalized spacial score (nSPS) is 43.5. The predicted molar refractivity (Wildman–Crippen MR) is 83.1 cm³/mol. The molecule has 2 N–H and O–H groups in total. The summed E-state index contributed by atoms with van der Waals surface area (Å²) in [6.45, 7) is 6.20. The Labute approximate surface area is 136 Å². The van der Waals surface area contributed by atoms with Crippen molar-refractivity contribution in [3.05, 3.63) is 0 Å². The Bertz CT molecular complexity index is 547. The van der Waals surface area contributed by atoms with Gasteiger partial charge in [0.1, 0.15) is 0 Å². The molecule has 3 atom stereocenters. The molecule has 23 heavy (non-hydrogen) atoms. The number of aliphatic hydroxyl groups is 1. The molecule has 0 spiro atoms. The van der Waals surface area contributed by atoms with Gasteiger partial charge >= 0.3 is 0 Å². The van der Waals surface area contributed by atoms with Crippen LogP contribution < -0.4 is 5.32 Å². The number of hydrogen-bond acceptors (Lipinski definition) is 4. The number of fused-ring (bicyclic) bond motifs is 2. The van der Waals surface area contributed by atoms with Crippen LogP contribution in [0, 0.1) is 16.2 Å². The molecule has 3 rings (SSSR count). The fraction of sp³-hybridized carbons (Fsp3) is 0.824. The Morgan fingerprint density at radius 3 is 2.26 bits per heavy atom. The van der Waals surface area contributed by atoms with Crippen LogP contribution in [0.1, 0.15) is 52.9 Å². The standard InChI is InChI=1S/C17H26N2O4/c1-15-8-16(2,13(22)18-12(15)21)10-17(3,9-15)14(23)19-6-4-5-11(19)7-20/h11,20H,4-10H2,1-3H3,(H,18,21,22)/t11-,15+,16+/m0/s1. The van der Waals surface area contributed by atoms with Crippen molar-refractivity contribution in [3.8, 4) is 0 Å². The van der Waals surface area contributed by atoms with E-state index in [-0.39, 0.29) is 30.4 Å². The third-order valence-electron chi connectivity index (χ3n) is 6.03. The lowest BCUT2D eigenvalue weighted by atomic mass is 9.52. The van der Waals surface area contributed by atoms with Crippen molar-refractivity contribution in [3.63, 3.8) is 0 Å². The predicted octanol–water partition coefficient (Wildman–Crippen LogP) is 0.829. The number of likely N-dealkylation sites (tertiary alicyclic amines) is 1. The average Bonchev–Trinajstić information content (AvgIpc) is 2.92. The maximum atomic E-state index is 13.2. The fourth-order valence-electron chi connectivity index (χ4n) is 5.29. The third kappa shape index (κ3) is 2.38. The van der Waals surface area contributed by atoms with E-state index in [0.29, 0.717) is 25.8 Å². The third-order valence-corrected chi connectivity index (χ3v) is 6.03. The van der Waals surface area contributed by atoms with Crippen LogP contribution in [0.15, 0.2) is 0 Å². The van der Waals surface area contributed by atoms with Crippen LogP contribution in [-0.2, 0) is 14.4 Å². The van der Waals surface area contributed by atoms with Crippen LogP contribution in [0.25, 0.3) is 0 Å². The van der Waals surface area contributed by atoms with Crippen molar-refractivity contribution in [2.24, 2.45) is 16.2 Å². The SMILES string of the molecule is CC1(C(=O)N2CCC[C@H]2CO)C[C@@]2(C)C[C@](C)(C1)C(=O)NC2=O. The zero-order chi connectivity index (χ0) is 17.0. The quantitative estimate of drug-likeness (QED) is 0.737. The van der Waals surface area contributed by atoms with Gasteiger partial charge in [-0.2, -0.15) is 0 Å². The number of amides is 3. The summed E-state index contributed by atoms with van der Waals surface area (Å²) in [6, 6.07) is -0.133. The van der Waals surface area contributed by atoms with Gasteiger partial charge in [0.25, 0.3) is 0 Å². The summed E-state index contributed by atoms with van der Waals surface area (Å²) in [5.41, 5.74) is -2.13. The largest absolute Gasteiger partial charge is 0.394 e. The second-order valence-electron chi connectivity index (χ2n) is 8.47. The molecule has 2 saturated heterocycles. The van der Waals surface area contributed by atoms with E-state index in [9.17, 15) is 19.5 Å². The Hall–Kier alpha value is -1.43. The van der Waals surface area contributed by atoms with E-state index < -0.39 is 16.2 Å². The summed E-state index contributed by atoms with van der Waals surface area (Å²) in [5.74, 6) is -0.550. The molecule has 1 aliphatic carbocycles. The van der Waals surface area contributed by atoms with E-state index in [0.717, 1.165) is 12.8 Å². The summed E-state index contributed by atoms with van der Waals surface area (Å²) >= 11 is 0. The van der Waals surface area contributed by atoms with E-state index in [1.54, 1.807) is 4.90 Å². The van der Waals surface area contributed by atoms with Gasteiger partial charge in [0.15, 0.2) is 0 Å². The van der Waals surface area contributed by atoms with Crippen LogP contribution in [0.5, 0.6) is 0 Å². The number of piperidine rings is 1. The molecule has 128 valence electrons. The Morgan fingerprint density at radius 1 is 1.17 bits per heavy atom. The van der Waals surface area contributed by atoms with Crippen LogP contribution >= 0.6 is 0 Å². The molecular formula is C17H26N2O4. The van der Waals surface area contributed by atoms with Gasteiger partial charge in [0.2, 0.25) is 17.7 Å². The van der Waals surface area contributed by atoms with Crippen LogP contribution in [0.2, 0.25) is 0 Å². The average molecular weight is 322 g/mol. The molecule has 1 saturated carbocycles. The number of carbonyl (C=O) groups excluding carboxylic acids is 3. The topological polar surface area (TPSA) is 86.7 Å². The van der Waals surface area contributed by atoms with Crippen molar-refractivity contribution >= 4 is 17.7 Å². The zero-order valence-corrected chi connectivity index (χ0v) is 14.1. The molecular weight excluding hydrogens is 296 g/mol. The number of carbonyl (C=O) groups is 3. The Morgan fingerprint density at radius 2 is 1.74 bits per heavy atom. The molecule has 0 unspecified atom stereocenters. The minimum Gasteiger partial charge on any atom is -0.394 e. The number of aliphatic hydroxyl groups excluding tert-OH is 1. The molecule has 0 radical (unpaired) electrons. The highest BCUT2D eigenvalue weighted by molar-refractivity contribution is 6.04. The van der Waals surface area contributed by atoms with Crippen molar-refractivity contribution in [1.29, 1.82) is 0 Å². The lowest BCUT2D eigenvalue weighted by Crippen LogP contribution is -2.64. The lowest BCUT2D eigenvalue weighted by Gasteiger charge is -2.54. The highest BCUT2D eigenvalue weighted by Crippen LogP contribution is 2.57. The number of hydrogen-bond donors (Lipinski definition) is 2. The summed E-state index contributed by atoms with van der Waals surface area (Å²) in [6.07, 6.45) is 3.09. The molecule has 0 aromatic rings. The maximum Gasteiger partial charge on any atom is 0.232 e. The lowest BCUT2D eigenvalue weighted by molar-refractivity contribution is -0.168. The minimum absolute atomic E-state index is 0.0197. The van der Waals surface area contributed by atoms with Gasteiger partial charge in [0, 0.05) is 22.8 Å². The Kier molecular flexibility index (Phi) is 3.59. The van der Waals surface area contributed by atoms with Crippen molar-refractivity contribution < 1.29 is 19.5 Å². The first-order valence-corrected chi connectivity index (χ1v) is 8.41. The van der Waals surface area contributed by atoms with E-state index >= 15 is 0 Å². The molecule has 3 amide bonds. The minimum atomic E-state index is -0.743. The molecule has 2 bridgehead atoms. The van der Waals surface area contributed by atoms with Gasteiger partial charge in [-0.1, -0.05) is 20.8 Å². The Balaban J connectivity index is 1.94. The second kappa shape index (κ2) is 5.03. The van der Waals surface area contributed by atoms with Crippen molar-refractivity contribution in [2.45, 2.75) is 58.9 Å². The monoisotopic (exact) mass is 322 g/mol. The van der Waals surface area contributed by atoms with Gasteiger partial charge < -0.3 is 10.0 Å². The summed E-state index contributed by atoms with van der Waals surface area (Å²) < 4.78 is 0. The molecule has 3 aliphatic rings. The first-order valence-electron chi connectivity index (χ1n) is 8.41. The molecule has 6 nitrogen and oxygen atoms in total. The summed E-state index contributed by atoms with van der Waals surface area (Å²) in [5, 5.41) is 12.0. The van der Waals surface area contributed by atoms with E-state index in [2.05, 4.69) is 5.32 Å². The van der Waals surface area contributed by atoms with Gasteiger partial charge in [-0.15, -0.1) is 0 Å². The smallest absolute Gasteiger partial charge is 0.232 e. The zero-order valence-electron chi connectivity index (χ0n) is 14.1. The summed E-state index contributed by atoms with van der Waals surface area (Å²) in [4.78, 5) is 39.6. The van der Waals surface area contributed by atoms with E-state index in [1.165, 1.54) is 0 Å². The van der Waals surface area contributed by atoms with E-state index in [1.807, 2.05) is 20.8 Å². The van der Waals surface area contributed by atoms with Gasteiger partial charge in [0.05, 0.1) is 12.6 Å². The van der Waals surface area contributed by atoms with Crippen LogP contribution in [-0.4, -0.2) is 46.9 Å². The van der Waals surface area contributed by atoms with E-state index in [4.69, 9.17) is 0 Å². The van der Waals surface area contributed by atoms with Crippen molar-refractivity contribution in [1.82, 2.24) is 10.2 Å². The first-order chi connectivity index (χ1) is 10.6. The maximum absolute atomic E-state index is 13.2. The molecule has 3 fully saturated rings. The molecule has 0 aromatic carbocycles. The second-order valence-corrected chi connectivity index (χ2v) is 8.47. The number of rotatable bonds is 2. The highest BCUT2D eigenvalue weighted by atomic mass is 16.3. The van der Waals surface area contributed by atoms with Crippen LogP contribution in [0.4, 0.5) is 0 Å². The molecule has 2 heterocycles. The van der Waals surface area contributed by atoms with Crippen LogP contribution in [0.3, 0.4) is 0 Å². The number of nitrogens with one attached hydrogen (secondary N) is 1. The van der Waals surface area contributed by atoms with Gasteiger partial charge in [-0.25, -0.2) is 0 Å². The van der Waals surface area contributed by atoms with Crippen molar-refractivity contribution in [2.75, 3.05) is 13.2 Å². The number of nitrogens with zero attached hydrogens (tertiary/aromatic N) is 1.